The number of rotatable bonds is 5. The second kappa shape index (κ2) is 10.8. The zero-order chi connectivity index (χ0) is 16.8. The number of halogens is 2. The Kier molecular flexibility index (Phi) is 9.05. The van der Waals surface area contributed by atoms with E-state index in [0.717, 1.165) is 18.5 Å². The van der Waals surface area contributed by atoms with Crippen molar-refractivity contribution >= 4 is 42.3 Å². The van der Waals surface area contributed by atoms with Crippen molar-refractivity contribution < 1.29 is 9.59 Å². The van der Waals surface area contributed by atoms with E-state index in [4.69, 9.17) is 0 Å². The number of carbonyl (C=O) groups excluding carboxylic acids is 2. The highest BCUT2D eigenvalue weighted by molar-refractivity contribution is 6.04. The van der Waals surface area contributed by atoms with E-state index >= 15 is 0 Å². The molecule has 3 rings (SSSR count). The molecule has 1 fully saturated rings. The molecule has 1 aliphatic heterocycles. The molecule has 1 saturated heterocycles. The second-order valence-electron chi connectivity index (χ2n) is 5.77. The Morgan fingerprint density at radius 1 is 1.15 bits per heavy atom. The monoisotopic (exact) mass is 396 g/mol. The number of benzene rings is 1. The third kappa shape index (κ3) is 5.69. The number of anilines is 1. The molecule has 2 aromatic rings. The number of carbonyl (C=O) groups is 2. The van der Waals surface area contributed by atoms with Crippen LogP contribution in [0.15, 0.2) is 48.8 Å². The van der Waals surface area contributed by atoms with E-state index in [1.165, 1.54) is 0 Å². The third-order valence-corrected chi connectivity index (χ3v) is 4.04. The molecule has 140 valence electrons. The van der Waals surface area contributed by atoms with Gasteiger partial charge in [0.05, 0.1) is 17.2 Å². The van der Waals surface area contributed by atoms with Gasteiger partial charge in [0.1, 0.15) is 0 Å². The van der Waals surface area contributed by atoms with Crippen LogP contribution in [-0.4, -0.2) is 29.9 Å². The largest absolute Gasteiger partial charge is 0.348 e. The lowest BCUT2D eigenvalue weighted by Gasteiger charge is -2.13. The maximum atomic E-state index is 12.4. The molecule has 1 aliphatic rings. The van der Waals surface area contributed by atoms with Crippen molar-refractivity contribution in [2.45, 2.75) is 13.0 Å². The van der Waals surface area contributed by atoms with Crippen molar-refractivity contribution in [3.63, 3.8) is 0 Å². The molecule has 0 radical (unpaired) electrons. The van der Waals surface area contributed by atoms with Crippen LogP contribution in [0, 0.1) is 5.92 Å². The molecule has 8 heteroatoms. The number of nitrogens with zero attached hydrogens (tertiary/aromatic N) is 1. The van der Waals surface area contributed by atoms with Crippen LogP contribution in [0.3, 0.4) is 0 Å². The molecule has 1 atom stereocenters. The summed E-state index contributed by atoms with van der Waals surface area (Å²) in [5.41, 5.74) is 1.92. The highest BCUT2D eigenvalue weighted by Crippen LogP contribution is 2.18. The van der Waals surface area contributed by atoms with Gasteiger partial charge in [-0.25, -0.2) is 0 Å². The predicted octanol–water partition coefficient (Wildman–Crippen LogP) is 2.40. The van der Waals surface area contributed by atoms with Crippen LogP contribution in [0.1, 0.15) is 22.3 Å². The first kappa shape index (κ1) is 21.9. The van der Waals surface area contributed by atoms with Crippen LogP contribution in [0.4, 0.5) is 5.69 Å². The van der Waals surface area contributed by atoms with Crippen LogP contribution in [0.2, 0.25) is 0 Å². The lowest BCUT2D eigenvalue weighted by atomic mass is 10.1. The molecule has 2 heterocycles. The Bertz CT molecular complexity index is 722. The highest BCUT2D eigenvalue weighted by Gasteiger charge is 2.23. The third-order valence-electron chi connectivity index (χ3n) is 4.04. The van der Waals surface area contributed by atoms with Crippen LogP contribution >= 0.6 is 24.8 Å². The number of pyridine rings is 1. The maximum Gasteiger partial charge on any atom is 0.253 e. The number of hydrogen-bond donors (Lipinski definition) is 3. The fourth-order valence-corrected chi connectivity index (χ4v) is 2.68. The lowest BCUT2D eigenvalue weighted by Crippen LogP contribution is -2.28. The number of hydrogen-bond acceptors (Lipinski definition) is 4. The first-order valence-electron chi connectivity index (χ1n) is 8.02. The Labute approximate surface area is 165 Å². The fourth-order valence-electron chi connectivity index (χ4n) is 2.68. The van der Waals surface area contributed by atoms with Crippen molar-refractivity contribution in [3.05, 3.63) is 59.9 Å². The molecular formula is C18H22Cl2N4O2. The van der Waals surface area contributed by atoms with Gasteiger partial charge in [-0.15, -0.1) is 24.8 Å². The Hall–Kier alpha value is -2.15. The van der Waals surface area contributed by atoms with Gasteiger partial charge in [-0.1, -0.05) is 18.2 Å². The van der Waals surface area contributed by atoms with Crippen LogP contribution in [-0.2, 0) is 11.3 Å². The first-order valence-corrected chi connectivity index (χ1v) is 8.02. The van der Waals surface area contributed by atoms with Crippen molar-refractivity contribution in [2.24, 2.45) is 5.92 Å². The van der Waals surface area contributed by atoms with E-state index in [-0.39, 0.29) is 42.5 Å². The summed E-state index contributed by atoms with van der Waals surface area (Å²) in [7, 11) is 0. The zero-order valence-corrected chi connectivity index (χ0v) is 15.7. The molecular weight excluding hydrogens is 375 g/mol. The summed E-state index contributed by atoms with van der Waals surface area (Å²) >= 11 is 0. The Balaban J connectivity index is 0.00000169. The molecule has 1 aromatic carbocycles. The van der Waals surface area contributed by atoms with Crippen molar-refractivity contribution in [2.75, 3.05) is 18.4 Å². The Morgan fingerprint density at radius 3 is 2.65 bits per heavy atom. The molecule has 0 aliphatic carbocycles. The summed E-state index contributed by atoms with van der Waals surface area (Å²) in [6.07, 6.45) is 4.22. The van der Waals surface area contributed by atoms with Gasteiger partial charge in [0.25, 0.3) is 5.91 Å². The summed E-state index contributed by atoms with van der Waals surface area (Å²) < 4.78 is 0. The quantitative estimate of drug-likeness (QED) is 0.724. The minimum atomic E-state index is -0.223. The lowest BCUT2D eigenvalue weighted by molar-refractivity contribution is -0.119. The van der Waals surface area contributed by atoms with E-state index in [1.807, 2.05) is 12.1 Å². The number of aromatic nitrogens is 1. The fraction of sp³-hybridized carbons (Fsp3) is 0.278. The molecule has 6 nitrogen and oxygen atoms in total. The van der Waals surface area contributed by atoms with E-state index in [0.29, 0.717) is 24.3 Å². The van der Waals surface area contributed by atoms with Gasteiger partial charge in [-0.05, 0) is 36.7 Å². The average Bonchev–Trinajstić information content (AvgIpc) is 3.16. The molecule has 0 bridgehead atoms. The number of amides is 2. The van der Waals surface area contributed by atoms with E-state index in [2.05, 4.69) is 20.9 Å². The van der Waals surface area contributed by atoms with Gasteiger partial charge in [0, 0.05) is 25.5 Å². The number of nitrogens with one attached hydrogen (secondary N) is 3. The predicted molar refractivity (Wildman–Crippen MR) is 106 cm³/mol. The van der Waals surface area contributed by atoms with Gasteiger partial charge in [0.15, 0.2) is 0 Å². The van der Waals surface area contributed by atoms with Gasteiger partial charge < -0.3 is 16.0 Å². The Morgan fingerprint density at radius 2 is 1.96 bits per heavy atom. The summed E-state index contributed by atoms with van der Waals surface area (Å²) in [6.45, 7) is 1.92. The summed E-state index contributed by atoms with van der Waals surface area (Å²) in [5, 5.41) is 8.90. The SMILES string of the molecule is Cl.Cl.O=C(NCc1cccnc1)c1ccccc1NC(=O)C1CCNC1. The van der Waals surface area contributed by atoms with Crippen molar-refractivity contribution in [1.82, 2.24) is 15.6 Å². The molecule has 0 spiro atoms. The minimum Gasteiger partial charge on any atom is -0.348 e. The van der Waals surface area contributed by atoms with Crippen LogP contribution in [0.5, 0.6) is 0 Å². The van der Waals surface area contributed by atoms with Gasteiger partial charge >= 0.3 is 0 Å². The molecule has 3 N–H and O–H groups in total. The molecule has 0 saturated carbocycles. The van der Waals surface area contributed by atoms with Crippen molar-refractivity contribution in [1.29, 1.82) is 0 Å². The molecule has 1 unspecified atom stereocenters. The first-order chi connectivity index (χ1) is 11.7. The zero-order valence-electron chi connectivity index (χ0n) is 14.1. The maximum absolute atomic E-state index is 12.4. The second-order valence-corrected chi connectivity index (χ2v) is 5.77. The molecule has 26 heavy (non-hydrogen) atoms. The topological polar surface area (TPSA) is 83.1 Å². The smallest absolute Gasteiger partial charge is 0.253 e. The van der Waals surface area contributed by atoms with Crippen LogP contribution < -0.4 is 16.0 Å². The molecule has 1 aromatic heterocycles. The molecule has 2 amide bonds. The van der Waals surface area contributed by atoms with Crippen LogP contribution in [0.25, 0.3) is 0 Å². The average molecular weight is 397 g/mol. The number of para-hydroxylation sites is 1. The van der Waals surface area contributed by atoms with Gasteiger partial charge in [-0.3, -0.25) is 14.6 Å². The van der Waals surface area contributed by atoms with E-state index in [9.17, 15) is 9.59 Å². The minimum absolute atomic E-state index is 0. The summed E-state index contributed by atoms with van der Waals surface area (Å²) in [4.78, 5) is 28.7. The van der Waals surface area contributed by atoms with E-state index in [1.54, 1.807) is 36.7 Å². The normalized spacial score (nSPS) is 15.3. The summed E-state index contributed by atoms with van der Waals surface area (Å²) in [5.74, 6) is -0.316. The summed E-state index contributed by atoms with van der Waals surface area (Å²) in [6, 6.07) is 10.8. The van der Waals surface area contributed by atoms with Gasteiger partial charge in [-0.2, -0.15) is 0 Å². The standard InChI is InChI=1S/C18H20N4O2.2ClH/c23-17(14-7-9-20-12-14)22-16-6-2-1-5-15(16)18(24)21-11-13-4-3-8-19-10-13;;/h1-6,8,10,14,20H,7,9,11-12H2,(H,21,24)(H,22,23);2*1H. The van der Waals surface area contributed by atoms with Gasteiger partial charge in [0.2, 0.25) is 5.91 Å². The van der Waals surface area contributed by atoms with E-state index < -0.39 is 0 Å². The highest BCUT2D eigenvalue weighted by atomic mass is 35.5. The van der Waals surface area contributed by atoms with Crippen molar-refractivity contribution in [3.8, 4) is 0 Å².